The molecule has 8 nitrogen and oxygen atoms in total. The van der Waals surface area contributed by atoms with E-state index in [1.807, 2.05) is 12.1 Å². The highest BCUT2D eigenvalue weighted by Gasteiger charge is 2.51. The fraction of sp³-hybridized carbons (Fsp3) is 0.548. The molecule has 0 aromatic heterocycles. The number of nitrogens with zero attached hydrogens (tertiary/aromatic N) is 1. The average Bonchev–Trinajstić information content (AvgIpc) is 3.56. The van der Waals surface area contributed by atoms with Crippen LogP contribution < -0.4 is 10.6 Å². The largest absolute Gasteiger partial charge is 0.392 e. The van der Waals surface area contributed by atoms with E-state index in [-0.39, 0.29) is 30.4 Å². The van der Waals surface area contributed by atoms with Gasteiger partial charge in [-0.05, 0) is 110 Å². The molecule has 2 amide bonds. The minimum absolute atomic E-state index is 0.0118. The number of benzene rings is 3. The van der Waals surface area contributed by atoms with Crippen LogP contribution in [0.2, 0.25) is 0 Å². The molecule has 4 bridgehead atoms. The van der Waals surface area contributed by atoms with Crippen LogP contribution in [-0.4, -0.2) is 60.5 Å². The maximum absolute atomic E-state index is 13.1. The second-order valence-corrected chi connectivity index (χ2v) is 15.9. The van der Waals surface area contributed by atoms with Crippen LogP contribution in [0, 0.1) is 17.8 Å². The lowest BCUT2D eigenvalue weighted by molar-refractivity contribution is -0.253. The average molecular weight is 680 g/mol. The van der Waals surface area contributed by atoms with Crippen LogP contribution in [0.25, 0.3) is 11.1 Å². The first-order valence-corrected chi connectivity index (χ1v) is 18.9. The fourth-order valence-electron chi connectivity index (χ4n) is 10.2. The van der Waals surface area contributed by atoms with Crippen molar-refractivity contribution >= 4 is 6.03 Å². The van der Waals surface area contributed by atoms with Gasteiger partial charge in [0.1, 0.15) is 0 Å². The van der Waals surface area contributed by atoms with Crippen molar-refractivity contribution in [3.8, 4) is 11.1 Å². The van der Waals surface area contributed by atoms with Gasteiger partial charge in [-0.25, -0.2) is 4.79 Å². The van der Waals surface area contributed by atoms with Gasteiger partial charge in [0.05, 0.1) is 25.4 Å². The molecule has 0 unspecified atom stereocenters. The van der Waals surface area contributed by atoms with E-state index in [1.165, 1.54) is 25.7 Å². The molecular weight excluding hydrogens is 626 g/mol. The summed E-state index contributed by atoms with van der Waals surface area (Å²) in [6.45, 7) is 3.17. The predicted molar refractivity (Wildman–Crippen MR) is 193 cm³/mol. The van der Waals surface area contributed by atoms with E-state index in [2.05, 4.69) is 76.2 Å². The third-order valence-corrected chi connectivity index (χ3v) is 12.2. The van der Waals surface area contributed by atoms with Crippen molar-refractivity contribution in [2.24, 2.45) is 17.8 Å². The molecule has 0 spiro atoms. The Morgan fingerprint density at radius 1 is 0.880 bits per heavy atom. The fourth-order valence-corrected chi connectivity index (χ4v) is 10.2. The Labute approximate surface area is 296 Å². The Kier molecular flexibility index (Phi) is 9.99. The molecule has 3 N–H and O–H groups in total. The molecule has 50 heavy (non-hydrogen) atoms. The molecule has 6 aliphatic rings. The Balaban J connectivity index is 0.924. The van der Waals surface area contributed by atoms with E-state index in [0.29, 0.717) is 12.6 Å². The van der Waals surface area contributed by atoms with Crippen molar-refractivity contribution in [2.75, 3.05) is 26.8 Å². The van der Waals surface area contributed by atoms with Gasteiger partial charge in [0, 0.05) is 43.8 Å². The normalized spacial score (nSPS) is 31.9. The second-order valence-electron chi connectivity index (χ2n) is 15.9. The number of hydrogen-bond donors (Lipinski definition) is 3. The van der Waals surface area contributed by atoms with Crippen molar-refractivity contribution < 1.29 is 24.1 Å². The molecule has 2 aliphatic heterocycles. The highest BCUT2D eigenvalue weighted by molar-refractivity contribution is 5.75. The Hall–Kier alpha value is -3.27. The molecule has 6 fully saturated rings. The van der Waals surface area contributed by atoms with Crippen molar-refractivity contribution in [1.82, 2.24) is 15.5 Å². The number of likely N-dealkylation sites (tertiary alicyclic amines) is 1. The number of hydrogen-bond acceptors (Lipinski definition) is 6. The second kappa shape index (κ2) is 14.8. The van der Waals surface area contributed by atoms with E-state index in [0.717, 1.165) is 103 Å². The molecule has 266 valence electrons. The quantitative estimate of drug-likeness (QED) is 0.198. The number of aliphatic hydroxyl groups is 1. The van der Waals surface area contributed by atoms with Crippen LogP contribution in [0.4, 0.5) is 4.79 Å². The Morgan fingerprint density at radius 3 is 2.30 bits per heavy atom. The van der Waals surface area contributed by atoms with Gasteiger partial charge < -0.3 is 30.0 Å². The maximum atomic E-state index is 13.1. The Morgan fingerprint density at radius 2 is 1.60 bits per heavy atom. The topological polar surface area (TPSA) is 92.3 Å². The number of nitrogens with one attached hydrogen (secondary N) is 2. The van der Waals surface area contributed by atoms with Crippen molar-refractivity contribution in [3.05, 3.63) is 95.1 Å². The van der Waals surface area contributed by atoms with Crippen LogP contribution in [0.3, 0.4) is 0 Å². The number of methoxy groups -OCH3 is 1. The monoisotopic (exact) mass is 679 g/mol. The third kappa shape index (κ3) is 7.51. The molecule has 3 aromatic carbocycles. The first-order valence-electron chi connectivity index (χ1n) is 18.9. The van der Waals surface area contributed by atoms with Crippen molar-refractivity contribution in [2.45, 2.75) is 101 Å². The SMILES string of the molecule is COC[C@@H]1CCCN1C[C@H]1C[C@@H](c2ccc(CO)cc2)O[C@@H](c2ccc(-c3cccc(CNC(=O)NC45CC6CC(CC(C6)C4)C5)c3)cc2)O1. The molecule has 8 heteroatoms. The number of carbonyl (C=O) groups is 1. The van der Waals surface area contributed by atoms with Crippen LogP contribution in [0.5, 0.6) is 0 Å². The van der Waals surface area contributed by atoms with Crippen LogP contribution in [0.1, 0.15) is 92.4 Å². The van der Waals surface area contributed by atoms with Crippen LogP contribution >= 0.6 is 0 Å². The highest BCUT2D eigenvalue weighted by Crippen LogP contribution is 2.55. The molecule has 4 aliphatic carbocycles. The van der Waals surface area contributed by atoms with Gasteiger partial charge in [-0.3, -0.25) is 4.90 Å². The predicted octanol–water partition coefficient (Wildman–Crippen LogP) is 7.27. The summed E-state index contributed by atoms with van der Waals surface area (Å²) in [5.74, 6) is 2.41. The molecule has 2 saturated heterocycles. The number of urea groups is 1. The zero-order valence-corrected chi connectivity index (χ0v) is 29.4. The maximum Gasteiger partial charge on any atom is 0.315 e. The van der Waals surface area contributed by atoms with E-state index in [9.17, 15) is 9.90 Å². The molecular formula is C42H53N3O5. The lowest BCUT2D eigenvalue weighted by atomic mass is 9.53. The summed E-state index contributed by atoms with van der Waals surface area (Å²) in [5, 5.41) is 16.2. The van der Waals surface area contributed by atoms with Gasteiger partial charge in [0.15, 0.2) is 6.29 Å². The summed E-state index contributed by atoms with van der Waals surface area (Å²) in [5.41, 5.74) is 6.30. The lowest BCUT2D eigenvalue weighted by Gasteiger charge is -2.56. The first kappa shape index (κ1) is 33.9. The summed E-state index contributed by atoms with van der Waals surface area (Å²) >= 11 is 0. The third-order valence-electron chi connectivity index (χ3n) is 12.2. The number of carbonyl (C=O) groups excluding carboxylic acids is 1. The summed E-state index contributed by atoms with van der Waals surface area (Å²) in [7, 11) is 1.78. The molecule has 2 heterocycles. The van der Waals surface area contributed by atoms with Gasteiger partial charge in [-0.1, -0.05) is 66.7 Å². The summed E-state index contributed by atoms with van der Waals surface area (Å²) < 4.78 is 18.8. The first-order chi connectivity index (χ1) is 24.4. The van der Waals surface area contributed by atoms with E-state index < -0.39 is 6.29 Å². The summed E-state index contributed by atoms with van der Waals surface area (Å²) in [6.07, 6.45) is 10.1. The minimum atomic E-state index is -0.489. The Bertz CT molecular complexity index is 1580. The molecule has 4 saturated carbocycles. The van der Waals surface area contributed by atoms with Gasteiger partial charge in [0.2, 0.25) is 0 Å². The smallest absolute Gasteiger partial charge is 0.315 e. The zero-order chi connectivity index (χ0) is 34.1. The standard InChI is InChI=1S/C42H53N3O5/c1-48-27-37-6-3-15-45(37)25-38-20-39(34-9-7-28(26-46)8-10-34)50-40(49-38)35-13-11-33(12-14-35)36-5-2-4-29(19-36)24-43-41(47)44-42-21-30-16-31(22-42)18-32(17-30)23-42/h2,4-5,7-14,19,30-32,37-40,46H,3,6,15-18,20-27H2,1H3,(H2,43,44,47)/t30?,31?,32?,37-,38+,39-,40-,42?/m0/s1. The number of amides is 2. The van der Waals surface area contributed by atoms with Gasteiger partial charge >= 0.3 is 6.03 Å². The van der Waals surface area contributed by atoms with E-state index in [4.69, 9.17) is 14.2 Å². The van der Waals surface area contributed by atoms with Crippen LogP contribution in [-0.2, 0) is 27.4 Å². The van der Waals surface area contributed by atoms with Gasteiger partial charge in [-0.2, -0.15) is 0 Å². The highest BCUT2D eigenvalue weighted by atomic mass is 16.7. The van der Waals surface area contributed by atoms with Gasteiger partial charge in [0.25, 0.3) is 0 Å². The molecule has 3 aromatic rings. The summed E-state index contributed by atoms with van der Waals surface area (Å²) in [6, 6.07) is 25.4. The molecule has 0 radical (unpaired) electrons. The summed E-state index contributed by atoms with van der Waals surface area (Å²) in [4.78, 5) is 15.6. The number of rotatable bonds is 11. The van der Waals surface area contributed by atoms with Crippen molar-refractivity contribution in [1.29, 1.82) is 0 Å². The molecule has 9 rings (SSSR count). The number of aliphatic hydroxyl groups excluding tert-OH is 1. The van der Waals surface area contributed by atoms with Crippen molar-refractivity contribution in [3.63, 3.8) is 0 Å². The molecule has 4 atom stereocenters. The zero-order valence-electron chi connectivity index (χ0n) is 29.4. The van der Waals surface area contributed by atoms with Gasteiger partial charge in [-0.15, -0.1) is 0 Å². The van der Waals surface area contributed by atoms with E-state index in [1.54, 1.807) is 7.11 Å². The number of ether oxygens (including phenoxy) is 3. The van der Waals surface area contributed by atoms with Crippen LogP contribution in [0.15, 0.2) is 72.8 Å². The lowest BCUT2D eigenvalue weighted by Crippen LogP contribution is -2.61. The minimum Gasteiger partial charge on any atom is -0.392 e. The van der Waals surface area contributed by atoms with E-state index >= 15 is 0 Å².